The van der Waals surface area contributed by atoms with E-state index in [9.17, 15) is 10.2 Å². The number of nitrogens with one attached hydrogen (secondary N) is 1. The van der Waals surface area contributed by atoms with Crippen LogP contribution in [-0.2, 0) is 6.54 Å². The van der Waals surface area contributed by atoms with E-state index >= 15 is 0 Å². The first-order valence-electron chi connectivity index (χ1n) is 6.43. The van der Waals surface area contributed by atoms with Crippen LogP contribution in [0.4, 0.5) is 5.69 Å². The first kappa shape index (κ1) is 13.5. The van der Waals surface area contributed by atoms with E-state index in [4.69, 9.17) is 11.6 Å². The number of anilines is 1. The standard InChI is InChI=1S/C16H13ClN2O2/c17-12-4-5-13(16-11(12)2-1-7-18-16)19-9-10-3-6-14(20)15(21)8-10/h1-8,19-21H,9H2. The average Bonchev–Trinajstić information content (AvgIpc) is 2.50. The van der Waals surface area contributed by atoms with Gasteiger partial charge >= 0.3 is 0 Å². The molecule has 0 aliphatic rings. The van der Waals surface area contributed by atoms with E-state index in [1.807, 2.05) is 24.3 Å². The minimum absolute atomic E-state index is 0.127. The van der Waals surface area contributed by atoms with Crippen molar-refractivity contribution in [3.05, 3.63) is 59.2 Å². The van der Waals surface area contributed by atoms with Gasteiger partial charge in [-0.05, 0) is 42.0 Å². The van der Waals surface area contributed by atoms with E-state index in [1.54, 1.807) is 12.3 Å². The van der Waals surface area contributed by atoms with Crippen LogP contribution in [0.3, 0.4) is 0 Å². The summed E-state index contributed by atoms with van der Waals surface area (Å²) in [6.07, 6.45) is 1.72. The van der Waals surface area contributed by atoms with Crippen LogP contribution in [-0.4, -0.2) is 15.2 Å². The lowest BCUT2D eigenvalue weighted by Crippen LogP contribution is -2.00. The quantitative estimate of drug-likeness (QED) is 0.642. The second-order valence-electron chi connectivity index (χ2n) is 4.67. The molecule has 1 aromatic heterocycles. The van der Waals surface area contributed by atoms with E-state index in [0.717, 1.165) is 22.2 Å². The lowest BCUT2D eigenvalue weighted by Gasteiger charge is -2.10. The highest BCUT2D eigenvalue weighted by molar-refractivity contribution is 6.35. The maximum Gasteiger partial charge on any atom is 0.157 e. The topological polar surface area (TPSA) is 65.4 Å². The molecule has 1 heterocycles. The molecule has 106 valence electrons. The van der Waals surface area contributed by atoms with Gasteiger partial charge in [0, 0.05) is 18.1 Å². The number of benzene rings is 2. The van der Waals surface area contributed by atoms with Crippen LogP contribution in [0.2, 0.25) is 5.02 Å². The number of pyridine rings is 1. The lowest BCUT2D eigenvalue weighted by molar-refractivity contribution is 0.403. The molecule has 0 amide bonds. The number of halogens is 1. The molecule has 3 aromatic rings. The average molecular weight is 301 g/mol. The van der Waals surface area contributed by atoms with Crippen molar-refractivity contribution in [1.82, 2.24) is 4.98 Å². The molecule has 0 saturated heterocycles. The van der Waals surface area contributed by atoms with Crippen LogP contribution < -0.4 is 5.32 Å². The van der Waals surface area contributed by atoms with Crippen molar-refractivity contribution in [2.75, 3.05) is 5.32 Å². The minimum Gasteiger partial charge on any atom is -0.504 e. The van der Waals surface area contributed by atoms with Gasteiger partial charge < -0.3 is 15.5 Å². The van der Waals surface area contributed by atoms with Crippen LogP contribution in [0, 0.1) is 0 Å². The molecule has 0 radical (unpaired) electrons. The van der Waals surface area contributed by atoms with Gasteiger partial charge in [-0.3, -0.25) is 4.98 Å². The van der Waals surface area contributed by atoms with E-state index in [2.05, 4.69) is 10.3 Å². The zero-order chi connectivity index (χ0) is 14.8. The number of fused-ring (bicyclic) bond motifs is 1. The summed E-state index contributed by atoms with van der Waals surface area (Å²) in [5, 5.41) is 23.6. The number of phenols is 2. The predicted octanol–water partition coefficient (Wildman–Crippen LogP) is 3.91. The van der Waals surface area contributed by atoms with Gasteiger partial charge in [-0.15, -0.1) is 0 Å². The molecule has 0 aliphatic heterocycles. The Labute approximate surface area is 126 Å². The van der Waals surface area contributed by atoms with Crippen molar-refractivity contribution in [2.24, 2.45) is 0 Å². The Balaban J connectivity index is 1.88. The molecule has 2 aromatic carbocycles. The monoisotopic (exact) mass is 300 g/mol. The summed E-state index contributed by atoms with van der Waals surface area (Å²) in [6.45, 7) is 0.501. The molecule has 0 aliphatic carbocycles. The molecular formula is C16H13ClN2O2. The minimum atomic E-state index is -0.131. The summed E-state index contributed by atoms with van der Waals surface area (Å²) in [5.74, 6) is -0.259. The van der Waals surface area contributed by atoms with E-state index in [0.29, 0.717) is 11.6 Å². The van der Waals surface area contributed by atoms with Gasteiger partial charge in [0.25, 0.3) is 0 Å². The Hall–Kier alpha value is -2.46. The highest BCUT2D eigenvalue weighted by atomic mass is 35.5. The fourth-order valence-corrected chi connectivity index (χ4v) is 2.37. The Bertz CT molecular complexity index is 805. The molecule has 0 saturated carbocycles. The van der Waals surface area contributed by atoms with E-state index in [-0.39, 0.29) is 11.5 Å². The molecule has 5 heteroatoms. The highest BCUT2D eigenvalue weighted by Crippen LogP contribution is 2.29. The molecule has 0 atom stereocenters. The Morgan fingerprint density at radius 3 is 2.71 bits per heavy atom. The maximum atomic E-state index is 9.50. The molecule has 4 nitrogen and oxygen atoms in total. The van der Waals surface area contributed by atoms with Crippen LogP contribution in [0.15, 0.2) is 48.7 Å². The van der Waals surface area contributed by atoms with Gasteiger partial charge in [-0.25, -0.2) is 0 Å². The molecule has 0 spiro atoms. The SMILES string of the molecule is Oc1ccc(CNc2ccc(Cl)c3cccnc23)cc1O. The predicted molar refractivity (Wildman–Crippen MR) is 83.9 cm³/mol. The second-order valence-corrected chi connectivity index (χ2v) is 5.08. The third kappa shape index (κ3) is 2.71. The van der Waals surface area contributed by atoms with Crippen molar-refractivity contribution < 1.29 is 10.2 Å². The van der Waals surface area contributed by atoms with Crippen molar-refractivity contribution in [1.29, 1.82) is 0 Å². The van der Waals surface area contributed by atoms with Crippen molar-refractivity contribution in [3.8, 4) is 11.5 Å². The maximum absolute atomic E-state index is 9.50. The lowest BCUT2D eigenvalue weighted by atomic mass is 10.1. The summed E-state index contributed by atoms with van der Waals surface area (Å²) < 4.78 is 0. The van der Waals surface area contributed by atoms with E-state index < -0.39 is 0 Å². The molecular weight excluding hydrogens is 288 g/mol. The Morgan fingerprint density at radius 2 is 1.90 bits per heavy atom. The van der Waals surface area contributed by atoms with Gasteiger partial charge in [-0.2, -0.15) is 0 Å². The highest BCUT2D eigenvalue weighted by Gasteiger charge is 2.06. The molecule has 0 unspecified atom stereocenters. The molecule has 21 heavy (non-hydrogen) atoms. The van der Waals surface area contributed by atoms with Crippen molar-refractivity contribution in [2.45, 2.75) is 6.54 Å². The normalized spacial score (nSPS) is 10.7. The number of nitrogens with zero attached hydrogens (tertiary/aromatic N) is 1. The van der Waals surface area contributed by atoms with E-state index in [1.165, 1.54) is 12.1 Å². The summed E-state index contributed by atoms with van der Waals surface area (Å²) in [5.41, 5.74) is 2.51. The van der Waals surface area contributed by atoms with Gasteiger partial charge in [0.15, 0.2) is 11.5 Å². The van der Waals surface area contributed by atoms with Crippen molar-refractivity contribution in [3.63, 3.8) is 0 Å². The van der Waals surface area contributed by atoms with Crippen LogP contribution >= 0.6 is 11.6 Å². The largest absolute Gasteiger partial charge is 0.504 e. The molecule has 3 rings (SSSR count). The molecule has 0 bridgehead atoms. The number of hydrogen-bond donors (Lipinski definition) is 3. The van der Waals surface area contributed by atoms with Gasteiger partial charge in [0.1, 0.15) is 0 Å². The summed E-state index contributed by atoms with van der Waals surface area (Å²) in [7, 11) is 0. The Morgan fingerprint density at radius 1 is 1.05 bits per heavy atom. The van der Waals surface area contributed by atoms with Crippen LogP contribution in [0.1, 0.15) is 5.56 Å². The first-order chi connectivity index (χ1) is 10.1. The fraction of sp³-hybridized carbons (Fsp3) is 0.0625. The zero-order valence-corrected chi connectivity index (χ0v) is 11.8. The fourth-order valence-electron chi connectivity index (χ4n) is 2.16. The second kappa shape index (κ2) is 5.50. The van der Waals surface area contributed by atoms with Gasteiger partial charge in [0.05, 0.1) is 16.2 Å². The van der Waals surface area contributed by atoms with Gasteiger partial charge in [-0.1, -0.05) is 17.7 Å². The molecule has 0 fully saturated rings. The van der Waals surface area contributed by atoms with Crippen molar-refractivity contribution >= 4 is 28.2 Å². The van der Waals surface area contributed by atoms with Gasteiger partial charge in [0.2, 0.25) is 0 Å². The third-order valence-corrected chi connectivity index (χ3v) is 3.57. The number of hydrogen-bond acceptors (Lipinski definition) is 4. The first-order valence-corrected chi connectivity index (χ1v) is 6.81. The number of aromatic hydroxyl groups is 2. The third-order valence-electron chi connectivity index (χ3n) is 3.24. The summed E-state index contributed by atoms with van der Waals surface area (Å²) >= 11 is 6.16. The summed E-state index contributed by atoms with van der Waals surface area (Å²) in [6, 6.07) is 12.2. The molecule has 3 N–H and O–H groups in total. The number of aromatic nitrogens is 1. The zero-order valence-electron chi connectivity index (χ0n) is 11.0. The summed E-state index contributed by atoms with van der Waals surface area (Å²) in [4.78, 5) is 4.35. The number of phenolic OH excluding ortho intramolecular Hbond substituents is 2. The number of rotatable bonds is 3. The van der Waals surface area contributed by atoms with Crippen LogP contribution in [0.25, 0.3) is 10.9 Å². The Kier molecular flexibility index (Phi) is 3.54. The smallest absolute Gasteiger partial charge is 0.157 e. The van der Waals surface area contributed by atoms with Crippen LogP contribution in [0.5, 0.6) is 11.5 Å².